The van der Waals surface area contributed by atoms with Crippen LogP contribution >= 0.6 is 0 Å². The summed E-state index contributed by atoms with van der Waals surface area (Å²) in [7, 11) is 3.89. The van der Waals surface area contributed by atoms with Crippen molar-refractivity contribution in [1.29, 1.82) is 0 Å². The van der Waals surface area contributed by atoms with Gasteiger partial charge in [-0.15, -0.1) is 0 Å². The van der Waals surface area contributed by atoms with Crippen molar-refractivity contribution in [1.82, 2.24) is 4.90 Å². The first-order chi connectivity index (χ1) is 9.46. The van der Waals surface area contributed by atoms with Crippen molar-refractivity contribution in [2.24, 2.45) is 5.73 Å². The Morgan fingerprint density at radius 2 is 1.90 bits per heavy atom. The van der Waals surface area contributed by atoms with Crippen LogP contribution in [0.25, 0.3) is 0 Å². The van der Waals surface area contributed by atoms with E-state index in [9.17, 15) is 0 Å². The van der Waals surface area contributed by atoms with Crippen molar-refractivity contribution in [2.75, 3.05) is 20.7 Å². The van der Waals surface area contributed by atoms with Gasteiger partial charge < -0.3 is 10.5 Å². The number of hydrogen-bond acceptors (Lipinski definition) is 3. The summed E-state index contributed by atoms with van der Waals surface area (Å²) in [4.78, 5) is 2.43. The lowest BCUT2D eigenvalue weighted by atomic mass is 9.90. The number of methoxy groups -OCH3 is 1. The largest absolute Gasteiger partial charge is 0.497 e. The molecule has 20 heavy (non-hydrogen) atoms. The molecule has 0 saturated heterocycles. The topological polar surface area (TPSA) is 38.5 Å². The highest BCUT2D eigenvalue weighted by molar-refractivity contribution is 5.27. The fourth-order valence-corrected chi connectivity index (χ4v) is 2.43. The molecule has 0 saturated carbocycles. The van der Waals surface area contributed by atoms with Crippen LogP contribution in [0.15, 0.2) is 24.3 Å². The summed E-state index contributed by atoms with van der Waals surface area (Å²) >= 11 is 0. The van der Waals surface area contributed by atoms with E-state index in [1.165, 1.54) is 5.56 Å². The highest BCUT2D eigenvalue weighted by atomic mass is 16.5. The van der Waals surface area contributed by atoms with Gasteiger partial charge in [0.2, 0.25) is 0 Å². The molecular formula is C17H30N2O. The molecular weight excluding hydrogens is 248 g/mol. The molecule has 1 aromatic rings. The first-order valence-corrected chi connectivity index (χ1v) is 7.52. The molecule has 0 fully saturated rings. The molecule has 0 amide bonds. The van der Waals surface area contributed by atoms with Gasteiger partial charge in [-0.3, -0.25) is 4.90 Å². The number of ether oxygens (including phenoxy) is 1. The summed E-state index contributed by atoms with van der Waals surface area (Å²) in [6.07, 6.45) is 3.25. The summed E-state index contributed by atoms with van der Waals surface area (Å²) in [6, 6.07) is 8.87. The van der Waals surface area contributed by atoms with Crippen LogP contribution in [0, 0.1) is 0 Å². The summed E-state index contributed by atoms with van der Waals surface area (Å²) in [5.74, 6) is 0.909. The summed E-state index contributed by atoms with van der Waals surface area (Å²) in [6.45, 7) is 7.44. The van der Waals surface area contributed by atoms with Crippen molar-refractivity contribution >= 4 is 0 Å². The molecule has 0 heterocycles. The van der Waals surface area contributed by atoms with E-state index in [0.717, 1.165) is 25.0 Å². The number of hydrogen-bond donors (Lipinski definition) is 1. The molecule has 2 N–H and O–H groups in total. The van der Waals surface area contributed by atoms with Gasteiger partial charge in [0.05, 0.1) is 7.11 Å². The van der Waals surface area contributed by atoms with Crippen molar-refractivity contribution < 1.29 is 4.74 Å². The van der Waals surface area contributed by atoms with E-state index in [-0.39, 0.29) is 5.54 Å². The Kier molecular flexibility index (Phi) is 6.50. The molecule has 0 aliphatic heterocycles. The molecule has 0 radical (unpaired) electrons. The van der Waals surface area contributed by atoms with Gasteiger partial charge in [0, 0.05) is 18.1 Å². The average molecular weight is 278 g/mol. The van der Waals surface area contributed by atoms with Crippen LogP contribution in [0.1, 0.15) is 39.2 Å². The molecule has 0 aromatic heterocycles. The summed E-state index contributed by atoms with van der Waals surface area (Å²) < 4.78 is 5.19. The summed E-state index contributed by atoms with van der Waals surface area (Å²) in [5, 5.41) is 0. The molecule has 1 rings (SSSR count). The second kappa shape index (κ2) is 7.65. The standard InChI is InChI=1S/C17H30N2O/c1-6-14(2)19(4)17(3,13-18)12-11-15-7-9-16(20-5)10-8-15/h7-10,14H,6,11-13,18H2,1-5H3. The molecule has 1 aromatic carbocycles. The Labute approximate surface area is 124 Å². The zero-order valence-corrected chi connectivity index (χ0v) is 13.6. The van der Waals surface area contributed by atoms with Crippen LogP contribution in [-0.4, -0.2) is 37.2 Å². The third kappa shape index (κ3) is 4.22. The highest BCUT2D eigenvalue weighted by Gasteiger charge is 2.29. The Hall–Kier alpha value is -1.06. The highest BCUT2D eigenvalue weighted by Crippen LogP contribution is 2.23. The molecule has 2 atom stereocenters. The van der Waals surface area contributed by atoms with E-state index in [4.69, 9.17) is 10.5 Å². The van der Waals surface area contributed by atoms with E-state index in [1.54, 1.807) is 7.11 Å². The molecule has 3 heteroatoms. The second-order valence-corrected chi connectivity index (χ2v) is 5.92. The molecule has 0 aliphatic rings. The normalized spacial score (nSPS) is 15.9. The Morgan fingerprint density at radius 1 is 1.30 bits per heavy atom. The van der Waals surface area contributed by atoms with Gasteiger partial charge in [0.25, 0.3) is 0 Å². The minimum Gasteiger partial charge on any atom is -0.497 e. The van der Waals surface area contributed by atoms with Crippen molar-refractivity contribution in [3.63, 3.8) is 0 Å². The van der Waals surface area contributed by atoms with E-state index in [1.807, 2.05) is 12.1 Å². The molecule has 114 valence electrons. The second-order valence-electron chi connectivity index (χ2n) is 5.92. The molecule has 2 unspecified atom stereocenters. The predicted molar refractivity (Wildman–Crippen MR) is 86.3 cm³/mol. The smallest absolute Gasteiger partial charge is 0.118 e. The third-order valence-electron chi connectivity index (χ3n) is 4.65. The maximum absolute atomic E-state index is 6.05. The fourth-order valence-electron chi connectivity index (χ4n) is 2.43. The minimum absolute atomic E-state index is 0.0509. The molecule has 0 bridgehead atoms. The van der Waals surface area contributed by atoms with Gasteiger partial charge in [-0.1, -0.05) is 19.1 Å². The molecule has 3 nitrogen and oxygen atoms in total. The SMILES string of the molecule is CCC(C)N(C)C(C)(CN)CCc1ccc(OC)cc1. The first-order valence-electron chi connectivity index (χ1n) is 7.52. The van der Waals surface area contributed by atoms with Crippen LogP contribution in [-0.2, 0) is 6.42 Å². The van der Waals surface area contributed by atoms with Crippen molar-refractivity contribution in [3.8, 4) is 5.75 Å². The van der Waals surface area contributed by atoms with E-state index in [2.05, 4.69) is 44.9 Å². The maximum atomic E-state index is 6.05. The number of nitrogens with two attached hydrogens (primary N) is 1. The van der Waals surface area contributed by atoms with Gasteiger partial charge in [-0.25, -0.2) is 0 Å². The quantitative estimate of drug-likeness (QED) is 0.794. The van der Waals surface area contributed by atoms with Crippen LogP contribution < -0.4 is 10.5 Å². The van der Waals surface area contributed by atoms with Crippen LogP contribution in [0.5, 0.6) is 5.75 Å². The number of rotatable bonds is 8. The van der Waals surface area contributed by atoms with Crippen molar-refractivity contribution in [3.05, 3.63) is 29.8 Å². The zero-order valence-electron chi connectivity index (χ0n) is 13.6. The Morgan fingerprint density at radius 3 is 2.35 bits per heavy atom. The lowest BCUT2D eigenvalue weighted by molar-refractivity contribution is 0.0901. The third-order valence-corrected chi connectivity index (χ3v) is 4.65. The van der Waals surface area contributed by atoms with Crippen LogP contribution in [0.4, 0.5) is 0 Å². The van der Waals surface area contributed by atoms with Crippen LogP contribution in [0.3, 0.4) is 0 Å². The molecule has 0 aliphatic carbocycles. The maximum Gasteiger partial charge on any atom is 0.118 e. The number of aryl methyl sites for hydroxylation is 1. The average Bonchev–Trinajstić information content (AvgIpc) is 2.51. The minimum atomic E-state index is 0.0509. The van der Waals surface area contributed by atoms with Gasteiger partial charge >= 0.3 is 0 Å². The van der Waals surface area contributed by atoms with Gasteiger partial charge in [0.15, 0.2) is 0 Å². The van der Waals surface area contributed by atoms with Gasteiger partial charge in [-0.05, 0) is 57.9 Å². The van der Waals surface area contributed by atoms with Gasteiger partial charge in [0.1, 0.15) is 5.75 Å². The number of benzene rings is 1. The lowest BCUT2D eigenvalue weighted by Crippen LogP contribution is -2.53. The van der Waals surface area contributed by atoms with E-state index < -0.39 is 0 Å². The Bertz CT molecular complexity index is 390. The number of nitrogens with zero attached hydrogens (tertiary/aromatic N) is 1. The number of likely N-dealkylation sites (N-methyl/N-ethyl adjacent to an activating group) is 1. The van der Waals surface area contributed by atoms with Gasteiger partial charge in [-0.2, -0.15) is 0 Å². The monoisotopic (exact) mass is 278 g/mol. The predicted octanol–water partition coefficient (Wildman–Crippen LogP) is 3.08. The lowest BCUT2D eigenvalue weighted by Gasteiger charge is -2.42. The van der Waals surface area contributed by atoms with E-state index in [0.29, 0.717) is 12.6 Å². The van der Waals surface area contributed by atoms with Crippen LogP contribution in [0.2, 0.25) is 0 Å². The van der Waals surface area contributed by atoms with E-state index >= 15 is 0 Å². The van der Waals surface area contributed by atoms with Crippen molar-refractivity contribution in [2.45, 2.75) is 51.6 Å². The summed E-state index contributed by atoms with van der Waals surface area (Å²) in [5.41, 5.74) is 7.44. The fraction of sp³-hybridized carbons (Fsp3) is 0.647. The zero-order chi connectivity index (χ0) is 15.2. The first kappa shape index (κ1) is 17.0. The molecule has 0 spiro atoms. The Balaban J connectivity index is 2.67.